The molecule has 0 aromatic carbocycles. The topological polar surface area (TPSA) is 166 Å². The number of carboxylic acids is 1. The van der Waals surface area contributed by atoms with E-state index in [1.165, 1.54) is 42.5 Å². The van der Waals surface area contributed by atoms with E-state index >= 15 is 0 Å². The Morgan fingerprint density at radius 3 is 2.68 bits per heavy atom. The van der Waals surface area contributed by atoms with Gasteiger partial charge in [0.1, 0.15) is 22.6 Å². The minimum Gasteiger partial charge on any atom is -0.475 e. The van der Waals surface area contributed by atoms with Gasteiger partial charge in [-0.3, -0.25) is 14.3 Å². The van der Waals surface area contributed by atoms with Crippen LogP contribution >= 0.6 is 0 Å². The van der Waals surface area contributed by atoms with Gasteiger partial charge in [0.15, 0.2) is 11.9 Å². The Labute approximate surface area is 191 Å². The number of anilines is 3. The van der Waals surface area contributed by atoms with Crippen molar-refractivity contribution in [3.63, 3.8) is 0 Å². The van der Waals surface area contributed by atoms with Crippen LogP contribution in [0.25, 0.3) is 16.9 Å². The lowest BCUT2D eigenvalue weighted by atomic mass is 10.2. The Kier molecular flexibility index (Phi) is 5.53. The Morgan fingerprint density at radius 1 is 1.26 bits per heavy atom. The molecule has 4 aromatic rings. The maximum Gasteiger partial charge on any atom is 0.414 e. The minimum atomic E-state index is -1.40. The third-order valence-corrected chi connectivity index (χ3v) is 4.51. The zero-order valence-corrected chi connectivity index (χ0v) is 18.6. The molecule has 0 aliphatic heterocycles. The molecule has 0 spiro atoms. The lowest BCUT2D eigenvalue weighted by Gasteiger charge is -2.25. The van der Waals surface area contributed by atoms with Crippen LogP contribution in [0.4, 0.5) is 22.0 Å². The molecule has 4 aromatic heterocycles. The van der Waals surface area contributed by atoms with E-state index in [0.717, 1.165) is 4.90 Å². The first-order chi connectivity index (χ1) is 16.0. The van der Waals surface area contributed by atoms with E-state index in [0.29, 0.717) is 0 Å². The van der Waals surface area contributed by atoms with Crippen LogP contribution < -0.4 is 15.8 Å². The maximum atomic E-state index is 12.9. The number of carbonyl (C=O) groups is 2. The maximum absolute atomic E-state index is 12.9. The summed E-state index contributed by atoms with van der Waals surface area (Å²) in [4.78, 5) is 46.4. The van der Waals surface area contributed by atoms with E-state index in [9.17, 15) is 19.5 Å². The molecular formula is C21H20N6O7. The first-order valence-corrected chi connectivity index (χ1v) is 9.93. The summed E-state index contributed by atoms with van der Waals surface area (Å²) in [6.07, 6.45) is 3.35. The predicted molar refractivity (Wildman–Crippen MR) is 119 cm³/mol. The van der Waals surface area contributed by atoms with E-state index in [4.69, 9.17) is 13.7 Å². The summed E-state index contributed by atoms with van der Waals surface area (Å²) in [6, 6.07) is 4.52. The van der Waals surface area contributed by atoms with Gasteiger partial charge < -0.3 is 24.1 Å². The summed E-state index contributed by atoms with van der Waals surface area (Å²) >= 11 is 0. The van der Waals surface area contributed by atoms with Gasteiger partial charge in [0.05, 0.1) is 11.9 Å². The lowest BCUT2D eigenvalue weighted by Crippen LogP contribution is -2.34. The van der Waals surface area contributed by atoms with Crippen molar-refractivity contribution in [3.05, 3.63) is 53.1 Å². The average molecular weight is 468 g/mol. The highest BCUT2D eigenvalue weighted by Gasteiger charge is 2.27. The smallest absolute Gasteiger partial charge is 0.414 e. The van der Waals surface area contributed by atoms with Crippen molar-refractivity contribution in [2.75, 3.05) is 17.3 Å². The van der Waals surface area contributed by atoms with E-state index in [1.807, 2.05) is 0 Å². The molecule has 0 bridgehead atoms. The first-order valence-electron chi connectivity index (χ1n) is 9.93. The average Bonchev–Trinajstić information content (AvgIpc) is 3.43. The molecule has 13 heteroatoms. The fourth-order valence-corrected chi connectivity index (χ4v) is 3.03. The summed E-state index contributed by atoms with van der Waals surface area (Å²) in [5.41, 5.74) is -1.08. The molecule has 34 heavy (non-hydrogen) atoms. The molecule has 0 aliphatic rings. The van der Waals surface area contributed by atoms with Gasteiger partial charge in [-0.1, -0.05) is 5.16 Å². The van der Waals surface area contributed by atoms with E-state index in [-0.39, 0.29) is 34.1 Å². The minimum absolute atomic E-state index is 0.0310. The van der Waals surface area contributed by atoms with Gasteiger partial charge in [0.2, 0.25) is 5.88 Å². The van der Waals surface area contributed by atoms with Gasteiger partial charge in [-0.2, -0.15) is 0 Å². The highest BCUT2D eigenvalue weighted by atomic mass is 16.6. The van der Waals surface area contributed by atoms with Crippen molar-refractivity contribution in [2.45, 2.75) is 26.4 Å². The second kappa shape index (κ2) is 8.35. The number of hydrogen-bond donors (Lipinski definition) is 2. The molecule has 0 saturated carbocycles. The summed E-state index contributed by atoms with van der Waals surface area (Å²) in [5.74, 6) is -1.65. The summed E-state index contributed by atoms with van der Waals surface area (Å²) in [7, 11) is 1.43. The Balaban J connectivity index is 1.81. The number of rotatable bonds is 5. The predicted octanol–water partition coefficient (Wildman–Crippen LogP) is 3.17. The van der Waals surface area contributed by atoms with Crippen molar-refractivity contribution in [1.29, 1.82) is 0 Å². The normalized spacial score (nSPS) is 11.4. The standard InChI is InChI=1S/C21H20N6O7/c1-21(2,3)33-20(31)26(4)12-8-13(24-16-15(12)25-34-17(16)19(29)30)23-11-6-5-7-27(18(11)28)14-9-22-10-32-14/h5-10H,1-4H3,(H,23,24)(H,29,30). The molecular weight excluding hydrogens is 448 g/mol. The van der Waals surface area contributed by atoms with E-state index < -0.39 is 29.0 Å². The van der Waals surface area contributed by atoms with Crippen molar-refractivity contribution < 1.29 is 28.4 Å². The number of hydrogen-bond acceptors (Lipinski definition) is 10. The van der Waals surface area contributed by atoms with Crippen LogP contribution in [0.15, 0.2) is 50.7 Å². The Morgan fingerprint density at radius 2 is 2.03 bits per heavy atom. The van der Waals surface area contributed by atoms with Gasteiger partial charge in [-0.05, 0) is 32.9 Å². The van der Waals surface area contributed by atoms with Crippen LogP contribution in [-0.2, 0) is 4.74 Å². The second-order valence-electron chi connectivity index (χ2n) is 8.14. The van der Waals surface area contributed by atoms with Crippen molar-refractivity contribution >= 4 is 40.3 Å². The fraction of sp³-hybridized carbons (Fsp3) is 0.238. The molecule has 1 amide bonds. The quantitative estimate of drug-likeness (QED) is 0.441. The van der Waals surface area contributed by atoms with Crippen LogP contribution in [0.5, 0.6) is 0 Å². The molecule has 0 aliphatic carbocycles. The number of fused-ring (bicyclic) bond motifs is 1. The van der Waals surface area contributed by atoms with Crippen LogP contribution in [-0.4, -0.2) is 49.5 Å². The first kappa shape index (κ1) is 22.5. The number of carboxylic acid groups (broad SMARTS) is 1. The summed E-state index contributed by atoms with van der Waals surface area (Å²) in [6.45, 7) is 5.13. The third-order valence-electron chi connectivity index (χ3n) is 4.51. The van der Waals surface area contributed by atoms with E-state index in [1.54, 1.807) is 26.8 Å². The zero-order valence-electron chi connectivity index (χ0n) is 18.6. The Bertz CT molecular complexity index is 1430. The van der Waals surface area contributed by atoms with Crippen molar-refractivity contribution in [2.24, 2.45) is 0 Å². The number of nitrogens with zero attached hydrogens (tertiary/aromatic N) is 5. The zero-order chi connectivity index (χ0) is 24.6. The molecule has 2 N–H and O–H groups in total. The van der Waals surface area contributed by atoms with E-state index in [2.05, 4.69) is 20.4 Å². The second-order valence-corrected chi connectivity index (χ2v) is 8.14. The van der Waals surface area contributed by atoms with Gasteiger partial charge in [-0.25, -0.2) is 19.6 Å². The molecule has 176 valence electrons. The van der Waals surface area contributed by atoms with Crippen LogP contribution in [0.3, 0.4) is 0 Å². The number of ether oxygens (including phenoxy) is 1. The SMILES string of the molecule is CN(C(=O)OC(C)(C)C)c1cc(Nc2cccn(-c3cnco3)c2=O)nc2c(C(=O)O)onc12. The largest absolute Gasteiger partial charge is 0.475 e. The molecule has 0 saturated heterocycles. The highest BCUT2D eigenvalue weighted by molar-refractivity contribution is 6.05. The lowest BCUT2D eigenvalue weighted by molar-refractivity contribution is 0.0588. The van der Waals surface area contributed by atoms with Crippen molar-refractivity contribution in [1.82, 2.24) is 19.7 Å². The van der Waals surface area contributed by atoms with Crippen LogP contribution in [0, 0.1) is 0 Å². The molecule has 0 fully saturated rings. The number of amides is 1. The van der Waals surface area contributed by atoms with Gasteiger partial charge in [-0.15, -0.1) is 0 Å². The number of oxazole rings is 1. The molecule has 4 heterocycles. The number of nitrogens with one attached hydrogen (secondary N) is 1. The third kappa shape index (κ3) is 4.30. The monoisotopic (exact) mass is 468 g/mol. The molecule has 0 atom stereocenters. The number of aromatic carboxylic acids is 1. The van der Waals surface area contributed by atoms with Gasteiger partial charge in [0.25, 0.3) is 11.3 Å². The van der Waals surface area contributed by atoms with Crippen molar-refractivity contribution in [3.8, 4) is 5.88 Å². The van der Waals surface area contributed by atoms with Gasteiger partial charge >= 0.3 is 12.1 Å². The molecule has 0 radical (unpaired) electrons. The summed E-state index contributed by atoms with van der Waals surface area (Å²) < 4.78 is 16.7. The molecule has 4 rings (SSSR count). The molecule has 13 nitrogen and oxygen atoms in total. The van der Waals surface area contributed by atoms with Crippen LogP contribution in [0.1, 0.15) is 31.3 Å². The number of carbonyl (C=O) groups excluding carboxylic acids is 1. The van der Waals surface area contributed by atoms with Crippen LogP contribution in [0.2, 0.25) is 0 Å². The summed E-state index contributed by atoms with van der Waals surface area (Å²) in [5, 5.41) is 16.1. The number of aromatic nitrogens is 4. The Hall–Kier alpha value is -4.68. The highest BCUT2D eigenvalue weighted by Crippen LogP contribution is 2.31. The fourth-order valence-electron chi connectivity index (χ4n) is 3.03. The van der Waals surface area contributed by atoms with Gasteiger partial charge in [0, 0.05) is 19.3 Å². The molecule has 0 unspecified atom stereocenters. The number of pyridine rings is 2.